The number of benzene rings is 1. The molecule has 1 saturated heterocycles. The standard InChI is InChI=1S/C14H17NO5S/c1-10(16)11-2-4-13(5-3-11)20-8-14(17)15-12-6-7-21(18,19)9-12/h2-5,12H,6-9H2,1H3,(H,15,17)/t12-/m1/s1. The zero-order valence-electron chi connectivity index (χ0n) is 11.7. The number of amides is 1. The monoisotopic (exact) mass is 311 g/mol. The van der Waals surface area contributed by atoms with Crippen molar-refractivity contribution >= 4 is 21.5 Å². The summed E-state index contributed by atoms with van der Waals surface area (Å²) in [4.78, 5) is 22.8. The first-order chi connectivity index (χ1) is 9.85. The number of nitrogens with one attached hydrogen (secondary N) is 1. The van der Waals surface area contributed by atoms with Gasteiger partial charge < -0.3 is 10.1 Å². The van der Waals surface area contributed by atoms with E-state index < -0.39 is 9.84 Å². The molecular weight excluding hydrogens is 294 g/mol. The number of ether oxygens (including phenoxy) is 1. The average Bonchev–Trinajstić information content (AvgIpc) is 2.76. The predicted octanol–water partition coefficient (Wildman–Crippen LogP) is 0.571. The van der Waals surface area contributed by atoms with Crippen LogP contribution in [0.25, 0.3) is 0 Å². The zero-order chi connectivity index (χ0) is 15.5. The number of ketones is 1. The van der Waals surface area contributed by atoms with Gasteiger partial charge in [-0.1, -0.05) is 0 Å². The molecule has 114 valence electrons. The smallest absolute Gasteiger partial charge is 0.258 e. The summed E-state index contributed by atoms with van der Waals surface area (Å²) in [7, 11) is -3.01. The molecule has 1 aliphatic heterocycles. The Kier molecular flexibility index (Phi) is 4.62. The first-order valence-electron chi connectivity index (χ1n) is 6.59. The van der Waals surface area contributed by atoms with Crippen LogP contribution >= 0.6 is 0 Å². The molecule has 7 heteroatoms. The summed E-state index contributed by atoms with van der Waals surface area (Å²) in [5.74, 6) is 0.195. The zero-order valence-corrected chi connectivity index (χ0v) is 12.5. The van der Waals surface area contributed by atoms with Gasteiger partial charge in [0.25, 0.3) is 5.91 Å². The fourth-order valence-electron chi connectivity index (χ4n) is 2.11. The van der Waals surface area contributed by atoms with Gasteiger partial charge in [-0.2, -0.15) is 0 Å². The third kappa shape index (κ3) is 4.56. The molecule has 0 unspecified atom stereocenters. The SMILES string of the molecule is CC(=O)c1ccc(OCC(=O)N[C@@H]2CCS(=O)(=O)C2)cc1. The Bertz CT molecular complexity index is 636. The van der Waals surface area contributed by atoms with Gasteiger partial charge in [0.15, 0.2) is 22.2 Å². The van der Waals surface area contributed by atoms with E-state index in [-0.39, 0.29) is 35.8 Å². The quantitative estimate of drug-likeness (QED) is 0.803. The molecule has 6 nitrogen and oxygen atoms in total. The van der Waals surface area contributed by atoms with Crippen molar-refractivity contribution < 1.29 is 22.7 Å². The van der Waals surface area contributed by atoms with Crippen molar-refractivity contribution in [2.75, 3.05) is 18.1 Å². The second kappa shape index (κ2) is 6.26. The lowest BCUT2D eigenvalue weighted by Gasteiger charge is -2.11. The van der Waals surface area contributed by atoms with Crippen molar-refractivity contribution in [1.82, 2.24) is 5.32 Å². The minimum Gasteiger partial charge on any atom is -0.484 e. The van der Waals surface area contributed by atoms with E-state index in [1.807, 2.05) is 0 Å². The first kappa shape index (κ1) is 15.5. The van der Waals surface area contributed by atoms with Crippen molar-refractivity contribution in [3.8, 4) is 5.75 Å². The summed E-state index contributed by atoms with van der Waals surface area (Å²) >= 11 is 0. The highest BCUT2D eigenvalue weighted by atomic mass is 32.2. The fourth-order valence-corrected chi connectivity index (χ4v) is 3.79. The molecule has 1 atom stereocenters. The van der Waals surface area contributed by atoms with E-state index in [9.17, 15) is 18.0 Å². The molecule has 2 rings (SSSR count). The third-order valence-corrected chi connectivity index (χ3v) is 5.00. The summed E-state index contributed by atoms with van der Waals surface area (Å²) in [6.45, 7) is 1.29. The van der Waals surface area contributed by atoms with Crippen LogP contribution in [0, 0.1) is 0 Å². The maximum Gasteiger partial charge on any atom is 0.258 e. The van der Waals surface area contributed by atoms with Crippen LogP contribution in [0.5, 0.6) is 5.75 Å². The molecule has 1 aromatic rings. The van der Waals surface area contributed by atoms with Crippen LogP contribution in [0.4, 0.5) is 0 Å². The molecule has 1 amide bonds. The normalized spacial score (nSPS) is 20.0. The van der Waals surface area contributed by atoms with Crippen LogP contribution in [0.15, 0.2) is 24.3 Å². The molecule has 0 aromatic heterocycles. The van der Waals surface area contributed by atoms with Gasteiger partial charge in [-0.15, -0.1) is 0 Å². The summed E-state index contributed by atoms with van der Waals surface area (Å²) in [6.07, 6.45) is 0.446. The summed E-state index contributed by atoms with van der Waals surface area (Å²) < 4.78 is 27.8. The van der Waals surface area contributed by atoms with Crippen molar-refractivity contribution in [1.29, 1.82) is 0 Å². The van der Waals surface area contributed by atoms with Crippen molar-refractivity contribution in [3.63, 3.8) is 0 Å². The lowest BCUT2D eigenvalue weighted by molar-refractivity contribution is -0.123. The number of Topliss-reactive ketones (excluding diaryl/α,β-unsaturated/α-hetero) is 1. The second-order valence-corrected chi connectivity index (χ2v) is 7.27. The molecule has 1 aromatic carbocycles. The highest BCUT2D eigenvalue weighted by Crippen LogP contribution is 2.13. The number of hydrogen-bond donors (Lipinski definition) is 1. The predicted molar refractivity (Wildman–Crippen MR) is 77.1 cm³/mol. The molecular formula is C14H17NO5S. The van der Waals surface area contributed by atoms with Gasteiger partial charge in [0.2, 0.25) is 0 Å². The average molecular weight is 311 g/mol. The van der Waals surface area contributed by atoms with Crippen LogP contribution in [-0.2, 0) is 14.6 Å². The number of hydrogen-bond acceptors (Lipinski definition) is 5. The second-order valence-electron chi connectivity index (χ2n) is 5.04. The lowest BCUT2D eigenvalue weighted by atomic mass is 10.1. The van der Waals surface area contributed by atoms with E-state index in [0.29, 0.717) is 17.7 Å². The molecule has 1 heterocycles. The van der Waals surface area contributed by atoms with Crippen LogP contribution in [-0.4, -0.2) is 44.3 Å². The van der Waals surface area contributed by atoms with E-state index in [1.165, 1.54) is 6.92 Å². The minimum absolute atomic E-state index is 0.00789. The number of carbonyl (C=O) groups is 2. The molecule has 0 radical (unpaired) electrons. The van der Waals surface area contributed by atoms with E-state index >= 15 is 0 Å². The minimum atomic E-state index is -3.01. The van der Waals surface area contributed by atoms with E-state index in [2.05, 4.69) is 5.32 Å². The molecule has 1 fully saturated rings. The Morgan fingerprint density at radius 1 is 1.29 bits per heavy atom. The number of sulfone groups is 1. The Labute approximate surface area is 123 Å². The van der Waals surface area contributed by atoms with Gasteiger partial charge in [0, 0.05) is 11.6 Å². The highest BCUT2D eigenvalue weighted by molar-refractivity contribution is 7.91. The van der Waals surface area contributed by atoms with Gasteiger partial charge in [-0.3, -0.25) is 9.59 Å². The van der Waals surface area contributed by atoms with Gasteiger partial charge in [-0.25, -0.2) is 8.42 Å². The van der Waals surface area contributed by atoms with E-state index in [4.69, 9.17) is 4.74 Å². The van der Waals surface area contributed by atoms with Gasteiger partial charge in [0.1, 0.15) is 5.75 Å². The Hall–Kier alpha value is -1.89. The fraction of sp³-hybridized carbons (Fsp3) is 0.429. The van der Waals surface area contributed by atoms with Crippen LogP contribution in [0.1, 0.15) is 23.7 Å². The largest absolute Gasteiger partial charge is 0.484 e. The van der Waals surface area contributed by atoms with E-state index in [0.717, 1.165) is 0 Å². The van der Waals surface area contributed by atoms with Crippen LogP contribution in [0.2, 0.25) is 0 Å². The van der Waals surface area contributed by atoms with Gasteiger partial charge in [0.05, 0.1) is 11.5 Å². The summed E-state index contributed by atoms with van der Waals surface area (Å²) in [5, 5.41) is 2.64. The number of rotatable bonds is 5. The van der Waals surface area contributed by atoms with Crippen LogP contribution < -0.4 is 10.1 Å². The highest BCUT2D eigenvalue weighted by Gasteiger charge is 2.28. The van der Waals surface area contributed by atoms with Crippen LogP contribution in [0.3, 0.4) is 0 Å². The lowest BCUT2D eigenvalue weighted by Crippen LogP contribution is -2.38. The molecule has 0 bridgehead atoms. The Morgan fingerprint density at radius 3 is 2.48 bits per heavy atom. The summed E-state index contributed by atoms with van der Waals surface area (Å²) in [6, 6.07) is 6.15. The molecule has 1 aliphatic rings. The van der Waals surface area contributed by atoms with Crippen molar-refractivity contribution in [2.45, 2.75) is 19.4 Å². The van der Waals surface area contributed by atoms with Gasteiger partial charge in [-0.05, 0) is 37.6 Å². The first-order valence-corrected chi connectivity index (χ1v) is 8.41. The van der Waals surface area contributed by atoms with Crippen molar-refractivity contribution in [2.24, 2.45) is 0 Å². The molecule has 0 aliphatic carbocycles. The van der Waals surface area contributed by atoms with Crippen molar-refractivity contribution in [3.05, 3.63) is 29.8 Å². The molecule has 0 saturated carbocycles. The molecule has 1 N–H and O–H groups in total. The topological polar surface area (TPSA) is 89.5 Å². The summed E-state index contributed by atoms with van der Waals surface area (Å²) in [5.41, 5.74) is 0.572. The number of carbonyl (C=O) groups excluding carboxylic acids is 2. The maximum absolute atomic E-state index is 11.7. The maximum atomic E-state index is 11.7. The Balaban J connectivity index is 1.80. The van der Waals surface area contributed by atoms with E-state index in [1.54, 1.807) is 24.3 Å². The van der Waals surface area contributed by atoms with Gasteiger partial charge >= 0.3 is 0 Å². The third-order valence-electron chi connectivity index (χ3n) is 3.23. The Morgan fingerprint density at radius 2 is 1.95 bits per heavy atom. The molecule has 0 spiro atoms. The molecule has 21 heavy (non-hydrogen) atoms.